The number of rotatable bonds is 4. The van der Waals surface area contributed by atoms with E-state index in [9.17, 15) is 5.11 Å². The van der Waals surface area contributed by atoms with Gasteiger partial charge in [0.15, 0.2) is 11.6 Å². The SMILES string of the molecule is NC1c2ccccc2CC12CCN(c1ncc(C=Cc3ncccn3)nc1CO)CC2. The Morgan fingerprint density at radius 2 is 1.84 bits per heavy atom. The first-order valence-electron chi connectivity index (χ1n) is 10.7. The van der Waals surface area contributed by atoms with Crippen LogP contribution in [0.1, 0.15) is 47.2 Å². The summed E-state index contributed by atoms with van der Waals surface area (Å²) >= 11 is 0. The molecule has 2 aliphatic rings. The third-order valence-corrected chi connectivity index (χ3v) is 6.63. The molecule has 1 saturated heterocycles. The van der Waals surface area contributed by atoms with Gasteiger partial charge >= 0.3 is 0 Å². The molecule has 1 spiro atoms. The van der Waals surface area contributed by atoms with Gasteiger partial charge in [0.1, 0.15) is 5.69 Å². The van der Waals surface area contributed by atoms with Crippen molar-refractivity contribution in [2.45, 2.75) is 31.9 Å². The van der Waals surface area contributed by atoms with Crippen molar-refractivity contribution in [2.75, 3.05) is 18.0 Å². The molecule has 1 aliphatic heterocycles. The van der Waals surface area contributed by atoms with Gasteiger partial charge in [-0.1, -0.05) is 24.3 Å². The normalized spacial score (nSPS) is 19.8. The van der Waals surface area contributed by atoms with Gasteiger partial charge in [-0.25, -0.2) is 19.9 Å². The van der Waals surface area contributed by atoms with E-state index in [1.807, 2.05) is 6.08 Å². The lowest BCUT2D eigenvalue weighted by molar-refractivity contribution is 0.186. The van der Waals surface area contributed by atoms with Crippen LogP contribution in [0.4, 0.5) is 5.82 Å². The fourth-order valence-corrected chi connectivity index (χ4v) is 4.91. The van der Waals surface area contributed by atoms with E-state index >= 15 is 0 Å². The van der Waals surface area contributed by atoms with E-state index in [1.54, 1.807) is 30.7 Å². The number of anilines is 1. The van der Waals surface area contributed by atoms with Gasteiger partial charge in [-0.2, -0.15) is 0 Å². The van der Waals surface area contributed by atoms with Gasteiger partial charge in [0.2, 0.25) is 0 Å². The maximum atomic E-state index is 9.93. The summed E-state index contributed by atoms with van der Waals surface area (Å²) in [4.78, 5) is 19.8. The Morgan fingerprint density at radius 3 is 2.58 bits per heavy atom. The minimum Gasteiger partial charge on any atom is -0.390 e. The number of benzene rings is 1. The standard InChI is InChI=1S/C24H26N6O/c25-22-19-5-2-1-4-17(19)14-24(22)8-12-30(13-9-24)23-20(16-31)29-18(15-28-23)6-7-21-26-10-3-11-27-21/h1-7,10-11,15,22,31H,8-9,12-14,16,25H2. The fraction of sp³-hybridized carbons (Fsp3) is 0.333. The van der Waals surface area contributed by atoms with Crippen LogP contribution in [0.3, 0.4) is 0 Å². The summed E-state index contributed by atoms with van der Waals surface area (Å²) in [5.41, 5.74) is 10.8. The second-order valence-corrected chi connectivity index (χ2v) is 8.37. The van der Waals surface area contributed by atoms with Crippen molar-refractivity contribution in [3.05, 3.63) is 77.3 Å². The van der Waals surface area contributed by atoms with Gasteiger partial charge in [-0.15, -0.1) is 0 Å². The molecule has 5 rings (SSSR count). The van der Waals surface area contributed by atoms with Crippen LogP contribution < -0.4 is 10.6 Å². The lowest BCUT2D eigenvalue weighted by Gasteiger charge is -2.42. The van der Waals surface area contributed by atoms with Gasteiger partial charge < -0.3 is 15.7 Å². The number of aliphatic hydroxyl groups is 1. The molecule has 1 atom stereocenters. The molecule has 1 fully saturated rings. The van der Waals surface area contributed by atoms with E-state index in [2.05, 4.69) is 49.1 Å². The summed E-state index contributed by atoms with van der Waals surface area (Å²) in [6, 6.07) is 10.4. The van der Waals surface area contributed by atoms with Crippen LogP contribution in [-0.4, -0.2) is 38.1 Å². The monoisotopic (exact) mass is 414 g/mol. The summed E-state index contributed by atoms with van der Waals surface area (Å²) in [7, 11) is 0. The number of hydrogen-bond acceptors (Lipinski definition) is 7. The number of hydrogen-bond donors (Lipinski definition) is 2. The van der Waals surface area contributed by atoms with E-state index in [0.717, 1.165) is 38.2 Å². The number of aliphatic hydroxyl groups excluding tert-OH is 1. The molecule has 1 unspecified atom stereocenters. The van der Waals surface area contributed by atoms with E-state index in [4.69, 9.17) is 5.73 Å². The maximum Gasteiger partial charge on any atom is 0.152 e. The van der Waals surface area contributed by atoms with Crippen LogP contribution in [-0.2, 0) is 13.0 Å². The molecule has 7 heteroatoms. The smallest absolute Gasteiger partial charge is 0.152 e. The van der Waals surface area contributed by atoms with Gasteiger partial charge in [0, 0.05) is 31.5 Å². The Labute approximate surface area is 181 Å². The zero-order chi connectivity index (χ0) is 21.3. The second-order valence-electron chi connectivity index (χ2n) is 8.37. The molecule has 3 heterocycles. The number of aromatic nitrogens is 4. The highest BCUT2D eigenvalue weighted by Gasteiger charge is 2.46. The third-order valence-electron chi connectivity index (χ3n) is 6.63. The van der Waals surface area contributed by atoms with Crippen LogP contribution >= 0.6 is 0 Å². The highest BCUT2D eigenvalue weighted by molar-refractivity contribution is 5.64. The molecule has 1 aliphatic carbocycles. The largest absolute Gasteiger partial charge is 0.390 e. The highest BCUT2D eigenvalue weighted by atomic mass is 16.3. The Balaban J connectivity index is 1.31. The molecule has 0 amide bonds. The van der Waals surface area contributed by atoms with Crippen LogP contribution in [0.25, 0.3) is 12.2 Å². The number of nitrogens with two attached hydrogens (primary N) is 1. The summed E-state index contributed by atoms with van der Waals surface area (Å²) in [6.07, 6.45) is 11.8. The van der Waals surface area contributed by atoms with Gasteiger partial charge in [-0.05, 0) is 54.0 Å². The first-order valence-corrected chi connectivity index (χ1v) is 10.7. The van der Waals surface area contributed by atoms with Gasteiger partial charge in [-0.3, -0.25) is 0 Å². The summed E-state index contributed by atoms with van der Waals surface area (Å²) < 4.78 is 0. The van der Waals surface area contributed by atoms with Gasteiger partial charge in [0.05, 0.1) is 18.5 Å². The van der Waals surface area contributed by atoms with Gasteiger partial charge in [0.25, 0.3) is 0 Å². The predicted molar refractivity (Wildman–Crippen MR) is 120 cm³/mol. The van der Waals surface area contributed by atoms with E-state index < -0.39 is 0 Å². The van der Waals surface area contributed by atoms with Crippen molar-refractivity contribution in [1.82, 2.24) is 19.9 Å². The Hall–Kier alpha value is -3.16. The Kier molecular flexibility index (Phi) is 5.21. The zero-order valence-electron chi connectivity index (χ0n) is 17.4. The average Bonchev–Trinajstić information content (AvgIpc) is 3.10. The van der Waals surface area contributed by atoms with Crippen molar-refractivity contribution in [1.29, 1.82) is 0 Å². The summed E-state index contributed by atoms with van der Waals surface area (Å²) in [5, 5.41) is 9.93. The summed E-state index contributed by atoms with van der Waals surface area (Å²) in [5.74, 6) is 1.36. The molecule has 31 heavy (non-hydrogen) atoms. The van der Waals surface area contributed by atoms with E-state index in [1.165, 1.54) is 11.1 Å². The maximum absolute atomic E-state index is 9.93. The molecule has 1 aromatic carbocycles. The average molecular weight is 415 g/mol. The minimum atomic E-state index is -0.154. The van der Waals surface area contributed by atoms with E-state index in [0.29, 0.717) is 17.2 Å². The minimum absolute atomic E-state index is 0.0852. The van der Waals surface area contributed by atoms with Crippen molar-refractivity contribution < 1.29 is 5.11 Å². The molecule has 0 bridgehead atoms. The Morgan fingerprint density at radius 1 is 1.06 bits per heavy atom. The molecule has 0 saturated carbocycles. The van der Waals surface area contributed by atoms with Crippen LogP contribution in [0.2, 0.25) is 0 Å². The highest BCUT2D eigenvalue weighted by Crippen LogP contribution is 2.50. The molecule has 3 aromatic rings. The fourth-order valence-electron chi connectivity index (χ4n) is 4.91. The van der Waals surface area contributed by atoms with Crippen molar-refractivity contribution >= 4 is 18.0 Å². The Bertz CT molecular complexity index is 1090. The topological polar surface area (TPSA) is 101 Å². The zero-order valence-corrected chi connectivity index (χ0v) is 17.4. The molecule has 0 radical (unpaired) electrons. The summed E-state index contributed by atoms with van der Waals surface area (Å²) in [6.45, 7) is 1.56. The lowest BCUT2D eigenvalue weighted by Crippen LogP contribution is -2.45. The first kappa shape index (κ1) is 19.8. The predicted octanol–water partition coefficient (Wildman–Crippen LogP) is 2.77. The number of fused-ring (bicyclic) bond motifs is 1. The molecule has 7 nitrogen and oxygen atoms in total. The van der Waals surface area contributed by atoms with Crippen molar-refractivity contribution in [3.8, 4) is 0 Å². The molecular formula is C24H26N6O. The number of piperidine rings is 1. The van der Waals surface area contributed by atoms with Crippen molar-refractivity contribution in [2.24, 2.45) is 11.1 Å². The molecule has 3 N–H and O–H groups in total. The molecule has 158 valence electrons. The van der Waals surface area contributed by atoms with Crippen LogP contribution in [0, 0.1) is 5.41 Å². The third kappa shape index (κ3) is 3.71. The quantitative estimate of drug-likeness (QED) is 0.677. The molecule has 2 aromatic heterocycles. The van der Waals surface area contributed by atoms with E-state index in [-0.39, 0.29) is 18.1 Å². The first-order chi connectivity index (χ1) is 15.2. The van der Waals surface area contributed by atoms with Crippen molar-refractivity contribution in [3.63, 3.8) is 0 Å². The molecular weight excluding hydrogens is 388 g/mol. The van der Waals surface area contributed by atoms with Crippen LogP contribution in [0.15, 0.2) is 48.9 Å². The van der Waals surface area contributed by atoms with Crippen LogP contribution in [0.5, 0.6) is 0 Å². The second kappa shape index (κ2) is 8.17. The number of nitrogens with zero attached hydrogens (tertiary/aromatic N) is 5. The lowest BCUT2D eigenvalue weighted by atomic mass is 9.73.